The minimum atomic E-state index is -5.02. The lowest BCUT2D eigenvalue weighted by molar-refractivity contribution is 0.455. The van der Waals surface area contributed by atoms with E-state index in [1.807, 2.05) is 0 Å². The van der Waals surface area contributed by atoms with Crippen LogP contribution in [0.15, 0.2) is 54.6 Å². The summed E-state index contributed by atoms with van der Waals surface area (Å²) in [5.41, 5.74) is -0.209. The SMILES string of the molecule is O=S(=O)(O)C(c1ccc(Cl)cc1)(c1cc(Cl)c(O)c(Cl)c1)c1cccc(O)c1Cl. The molecule has 0 bridgehead atoms. The zero-order valence-electron chi connectivity index (χ0n) is 14.3. The summed E-state index contributed by atoms with van der Waals surface area (Å²) >= 11 is 24.3. The molecule has 0 radical (unpaired) electrons. The van der Waals surface area contributed by atoms with E-state index in [1.165, 1.54) is 42.5 Å². The second-order valence-electron chi connectivity index (χ2n) is 6.09. The minimum Gasteiger partial charge on any atom is -0.506 e. The van der Waals surface area contributed by atoms with Crippen LogP contribution in [0.3, 0.4) is 0 Å². The summed E-state index contributed by atoms with van der Waals surface area (Å²) in [6.07, 6.45) is 0. The van der Waals surface area contributed by atoms with Crippen LogP contribution in [0.2, 0.25) is 20.1 Å². The second-order valence-corrected chi connectivity index (χ2v) is 9.28. The van der Waals surface area contributed by atoms with Crippen molar-refractivity contribution in [3.63, 3.8) is 0 Å². The number of phenols is 2. The number of phenolic OH excluding ortho intramolecular Hbond substituents is 2. The molecule has 0 aliphatic carbocycles. The molecule has 1 unspecified atom stereocenters. The maximum Gasteiger partial charge on any atom is 0.283 e. The molecular formula is C19H12Cl4O5S. The molecule has 3 N–H and O–H groups in total. The van der Waals surface area contributed by atoms with Crippen LogP contribution in [-0.2, 0) is 14.9 Å². The summed E-state index contributed by atoms with van der Waals surface area (Å²) in [4.78, 5) is 0. The number of hydrogen-bond acceptors (Lipinski definition) is 4. The fourth-order valence-corrected chi connectivity index (χ4v) is 5.39. The van der Waals surface area contributed by atoms with Crippen molar-refractivity contribution >= 4 is 56.5 Å². The first-order valence-corrected chi connectivity index (χ1v) is 10.8. The Hall–Kier alpha value is -1.67. The second kappa shape index (κ2) is 7.87. The normalized spacial score (nSPS) is 13.8. The van der Waals surface area contributed by atoms with E-state index < -0.39 is 26.4 Å². The molecule has 5 nitrogen and oxygen atoms in total. The number of aromatic hydroxyl groups is 2. The standard InChI is InChI=1S/C19H12Cl4O5S/c20-12-6-4-10(5-7-12)19(29(26,27)28,13-2-1-3-16(24)17(13)23)11-8-14(21)18(25)15(22)9-11/h1-9,24-25H,(H,26,27,28). The van der Waals surface area contributed by atoms with Crippen molar-refractivity contribution in [3.05, 3.63) is 91.4 Å². The molecule has 0 aromatic heterocycles. The van der Waals surface area contributed by atoms with Crippen LogP contribution in [0.5, 0.6) is 11.5 Å². The third-order valence-electron chi connectivity index (χ3n) is 4.42. The van der Waals surface area contributed by atoms with Crippen LogP contribution < -0.4 is 0 Å². The summed E-state index contributed by atoms with van der Waals surface area (Å²) in [6, 6.07) is 11.9. The molecule has 0 aliphatic rings. The van der Waals surface area contributed by atoms with E-state index in [0.717, 1.165) is 12.1 Å². The lowest BCUT2D eigenvalue weighted by atomic mass is 9.83. The van der Waals surface area contributed by atoms with Crippen LogP contribution in [0.1, 0.15) is 16.7 Å². The first kappa shape index (κ1) is 22.0. The van der Waals surface area contributed by atoms with E-state index >= 15 is 0 Å². The smallest absolute Gasteiger partial charge is 0.283 e. The van der Waals surface area contributed by atoms with Gasteiger partial charge in [0.2, 0.25) is 0 Å². The fourth-order valence-electron chi connectivity index (χ4n) is 3.16. The van der Waals surface area contributed by atoms with Gasteiger partial charge in [-0.3, -0.25) is 4.55 Å². The van der Waals surface area contributed by atoms with Gasteiger partial charge < -0.3 is 10.2 Å². The number of halogens is 4. The van der Waals surface area contributed by atoms with Crippen LogP contribution >= 0.6 is 46.4 Å². The zero-order valence-corrected chi connectivity index (χ0v) is 18.1. The Morgan fingerprint density at radius 1 is 0.793 bits per heavy atom. The van der Waals surface area contributed by atoms with Crippen molar-refractivity contribution in [3.8, 4) is 11.5 Å². The van der Waals surface area contributed by atoms with Gasteiger partial charge in [0, 0.05) is 10.6 Å². The first-order chi connectivity index (χ1) is 13.5. The first-order valence-electron chi connectivity index (χ1n) is 7.89. The Labute approximate surface area is 186 Å². The average molecular weight is 494 g/mol. The average Bonchev–Trinajstić information content (AvgIpc) is 2.64. The Balaban J connectivity index is 2.58. The third-order valence-corrected chi connectivity index (χ3v) is 7.11. The Morgan fingerprint density at radius 2 is 1.34 bits per heavy atom. The lowest BCUT2D eigenvalue weighted by Crippen LogP contribution is -2.38. The monoisotopic (exact) mass is 492 g/mol. The summed E-state index contributed by atoms with van der Waals surface area (Å²) < 4.78 is 34.0. The summed E-state index contributed by atoms with van der Waals surface area (Å²) in [5, 5.41) is 19.5. The van der Waals surface area contributed by atoms with Gasteiger partial charge in [-0.1, -0.05) is 70.7 Å². The molecule has 3 rings (SSSR count). The van der Waals surface area contributed by atoms with Crippen LogP contribution in [0.25, 0.3) is 0 Å². The van der Waals surface area contributed by atoms with Gasteiger partial charge in [0.1, 0.15) is 5.75 Å². The largest absolute Gasteiger partial charge is 0.506 e. The highest BCUT2D eigenvalue weighted by Gasteiger charge is 2.50. The summed E-state index contributed by atoms with van der Waals surface area (Å²) in [6.45, 7) is 0. The topological polar surface area (TPSA) is 94.8 Å². The molecule has 0 aliphatic heterocycles. The van der Waals surface area contributed by atoms with Gasteiger partial charge in [0.15, 0.2) is 10.5 Å². The Morgan fingerprint density at radius 3 is 1.86 bits per heavy atom. The molecule has 0 amide bonds. The molecule has 3 aromatic rings. The maximum atomic E-state index is 12.9. The van der Waals surface area contributed by atoms with E-state index in [0.29, 0.717) is 5.02 Å². The van der Waals surface area contributed by atoms with Crippen LogP contribution in [0, 0.1) is 0 Å². The highest BCUT2D eigenvalue weighted by atomic mass is 35.5. The van der Waals surface area contributed by atoms with Gasteiger partial charge in [-0.05, 0) is 41.5 Å². The lowest BCUT2D eigenvalue weighted by Gasteiger charge is -2.33. The van der Waals surface area contributed by atoms with Crippen molar-refractivity contribution < 1.29 is 23.2 Å². The molecule has 152 valence electrons. The van der Waals surface area contributed by atoms with Crippen molar-refractivity contribution in [1.82, 2.24) is 0 Å². The Bertz CT molecular complexity index is 1170. The molecule has 3 aromatic carbocycles. The van der Waals surface area contributed by atoms with Gasteiger partial charge in [-0.2, -0.15) is 8.42 Å². The zero-order chi connectivity index (χ0) is 21.6. The Kier molecular flexibility index (Phi) is 5.98. The van der Waals surface area contributed by atoms with Gasteiger partial charge in [0.25, 0.3) is 10.1 Å². The van der Waals surface area contributed by atoms with E-state index in [9.17, 15) is 23.2 Å². The van der Waals surface area contributed by atoms with Gasteiger partial charge in [-0.25, -0.2) is 0 Å². The third kappa shape index (κ3) is 3.65. The molecule has 29 heavy (non-hydrogen) atoms. The van der Waals surface area contributed by atoms with Gasteiger partial charge in [-0.15, -0.1) is 0 Å². The molecule has 0 spiro atoms. The van der Waals surface area contributed by atoms with E-state index in [-0.39, 0.29) is 31.8 Å². The fraction of sp³-hybridized carbons (Fsp3) is 0.0526. The predicted molar refractivity (Wildman–Crippen MR) is 114 cm³/mol. The molecule has 0 heterocycles. The maximum absolute atomic E-state index is 12.9. The van der Waals surface area contributed by atoms with Crippen molar-refractivity contribution in [2.24, 2.45) is 0 Å². The molecule has 1 atom stereocenters. The minimum absolute atomic E-state index is 0.0507. The van der Waals surface area contributed by atoms with Gasteiger partial charge >= 0.3 is 0 Å². The molecular weight excluding hydrogens is 482 g/mol. The number of benzene rings is 3. The quantitative estimate of drug-likeness (QED) is 0.311. The van der Waals surface area contributed by atoms with E-state index in [4.69, 9.17) is 46.4 Å². The molecule has 10 heteroatoms. The van der Waals surface area contributed by atoms with E-state index in [2.05, 4.69) is 0 Å². The van der Waals surface area contributed by atoms with Crippen molar-refractivity contribution in [2.45, 2.75) is 4.75 Å². The van der Waals surface area contributed by atoms with Gasteiger partial charge in [0.05, 0.1) is 15.1 Å². The molecule has 0 fully saturated rings. The van der Waals surface area contributed by atoms with Crippen LogP contribution in [-0.4, -0.2) is 23.2 Å². The van der Waals surface area contributed by atoms with Crippen LogP contribution in [0.4, 0.5) is 0 Å². The highest BCUT2D eigenvalue weighted by Crippen LogP contribution is 2.50. The summed E-state index contributed by atoms with van der Waals surface area (Å²) in [5.74, 6) is -0.860. The van der Waals surface area contributed by atoms with E-state index in [1.54, 1.807) is 0 Å². The number of rotatable bonds is 4. The van der Waals surface area contributed by atoms with Crippen molar-refractivity contribution in [1.29, 1.82) is 0 Å². The summed E-state index contributed by atoms with van der Waals surface area (Å²) in [7, 11) is -5.02. The number of hydrogen-bond donors (Lipinski definition) is 3. The molecule has 0 saturated carbocycles. The van der Waals surface area contributed by atoms with Crippen molar-refractivity contribution in [2.75, 3.05) is 0 Å². The molecule has 0 saturated heterocycles. The predicted octanol–water partition coefficient (Wildman–Crippen LogP) is 5.89. The highest BCUT2D eigenvalue weighted by molar-refractivity contribution is 7.87.